The van der Waals surface area contributed by atoms with Gasteiger partial charge in [-0.1, -0.05) is 12.1 Å². The molecule has 2 aromatic rings. The minimum Gasteiger partial charge on any atom is -0.494 e. The summed E-state index contributed by atoms with van der Waals surface area (Å²) in [5.41, 5.74) is 1.66. The van der Waals surface area contributed by atoms with E-state index in [2.05, 4.69) is 0 Å². The van der Waals surface area contributed by atoms with Gasteiger partial charge in [0.1, 0.15) is 11.6 Å². The summed E-state index contributed by atoms with van der Waals surface area (Å²) in [6.45, 7) is 3.96. The Kier molecular flexibility index (Phi) is 3.95. The molecule has 0 aliphatic heterocycles. The van der Waals surface area contributed by atoms with E-state index < -0.39 is 0 Å². The first-order valence-electron chi connectivity index (χ1n) is 6.15. The zero-order chi connectivity index (χ0) is 13.8. The molecular weight excluding hydrogens is 243 g/mol. The summed E-state index contributed by atoms with van der Waals surface area (Å²) in [7, 11) is 0. The molecule has 0 saturated heterocycles. The van der Waals surface area contributed by atoms with Crippen LogP contribution in [0.4, 0.5) is 4.39 Å². The van der Waals surface area contributed by atoms with Crippen LogP contribution < -0.4 is 4.74 Å². The minimum absolute atomic E-state index is 0.0767. The first-order chi connectivity index (χ1) is 9.11. The van der Waals surface area contributed by atoms with E-state index in [9.17, 15) is 9.18 Å². The predicted octanol–water partition coefficient (Wildman–Crippen LogP) is 4.09. The molecule has 0 aliphatic carbocycles. The van der Waals surface area contributed by atoms with Gasteiger partial charge in [0.25, 0.3) is 0 Å². The van der Waals surface area contributed by atoms with E-state index in [0.29, 0.717) is 17.7 Å². The summed E-state index contributed by atoms with van der Waals surface area (Å²) in [6.07, 6.45) is 0. The van der Waals surface area contributed by atoms with Crippen LogP contribution in [0.15, 0.2) is 42.5 Å². The number of rotatable bonds is 4. The summed E-state index contributed by atoms with van der Waals surface area (Å²) in [5.74, 6) is 0.329. The van der Waals surface area contributed by atoms with Gasteiger partial charge in [-0.25, -0.2) is 4.39 Å². The quantitative estimate of drug-likeness (QED) is 0.772. The second-order valence-electron chi connectivity index (χ2n) is 4.21. The zero-order valence-electron chi connectivity index (χ0n) is 10.9. The van der Waals surface area contributed by atoms with E-state index in [1.54, 1.807) is 30.3 Å². The van der Waals surface area contributed by atoms with Crippen molar-refractivity contribution in [1.82, 2.24) is 0 Å². The van der Waals surface area contributed by atoms with Crippen molar-refractivity contribution in [2.45, 2.75) is 13.8 Å². The second kappa shape index (κ2) is 5.65. The molecule has 0 saturated carbocycles. The van der Waals surface area contributed by atoms with Gasteiger partial charge in [0.15, 0.2) is 5.78 Å². The highest BCUT2D eigenvalue weighted by Crippen LogP contribution is 2.26. The lowest BCUT2D eigenvalue weighted by Gasteiger charge is -2.07. The minimum atomic E-state index is -0.339. The number of Topliss-reactive ketones (excluding diaryl/α,β-unsaturated/α-hetero) is 1. The van der Waals surface area contributed by atoms with Crippen molar-refractivity contribution >= 4 is 5.78 Å². The summed E-state index contributed by atoms with van der Waals surface area (Å²) in [5, 5.41) is 0. The number of benzene rings is 2. The molecule has 0 N–H and O–H groups in total. The van der Waals surface area contributed by atoms with Crippen molar-refractivity contribution < 1.29 is 13.9 Å². The maximum Gasteiger partial charge on any atom is 0.159 e. The molecule has 0 spiro atoms. The lowest BCUT2D eigenvalue weighted by Crippen LogP contribution is -1.95. The molecule has 0 aromatic heterocycles. The smallest absolute Gasteiger partial charge is 0.159 e. The molecule has 98 valence electrons. The SMILES string of the molecule is CCOc1ccc(-c2cc(C(C)=O)ccc2F)cc1. The molecule has 0 amide bonds. The number of ether oxygens (including phenoxy) is 1. The van der Waals surface area contributed by atoms with Crippen LogP contribution in [0.25, 0.3) is 11.1 Å². The lowest BCUT2D eigenvalue weighted by atomic mass is 10.0. The van der Waals surface area contributed by atoms with Gasteiger partial charge in [0.2, 0.25) is 0 Å². The fourth-order valence-corrected chi connectivity index (χ4v) is 1.86. The Morgan fingerprint density at radius 3 is 2.42 bits per heavy atom. The lowest BCUT2D eigenvalue weighted by molar-refractivity contribution is 0.101. The van der Waals surface area contributed by atoms with E-state index in [4.69, 9.17) is 4.74 Å². The van der Waals surface area contributed by atoms with Crippen LogP contribution in [-0.2, 0) is 0 Å². The number of carbonyl (C=O) groups is 1. The van der Waals surface area contributed by atoms with E-state index in [1.165, 1.54) is 19.1 Å². The summed E-state index contributed by atoms with van der Waals surface area (Å²) < 4.78 is 19.2. The third-order valence-electron chi connectivity index (χ3n) is 2.85. The maximum atomic E-state index is 13.8. The number of ketones is 1. The van der Waals surface area contributed by atoms with Crippen molar-refractivity contribution in [2.24, 2.45) is 0 Å². The summed E-state index contributed by atoms with van der Waals surface area (Å²) in [6, 6.07) is 11.5. The van der Waals surface area contributed by atoms with E-state index >= 15 is 0 Å². The van der Waals surface area contributed by atoms with Gasteiger partial charge in [0.05, 0.1) is 6.61 Å². The van der Waals surface area contributed by atoms with Crippen LogP contribution in [0.2, 0.25) is 0 Å². The monoisotopic (exact) mass is 258 g/mol. The van der Waals surface area contributed by atoms with Gasteiger partial charge in [0, 0.05) is 11.1 Å². The standard InChI is InChI=1S/C16H15FO2/c1-3-19-14-7-4-12(5-8-14)15-10-13(11(2)18)6-9-16(15)17/h4-10H,3H2,1-2H3. The van der Waals surface area contributed by atoms with Crippen LogP contribution in [-0.4, -0.2) is 12.4 Å². The Balaban J connectivity index is 2.40. The Hall–Kier alpha value is -2.16. The summed E-state index contributed by atoms with van der Waals surface area (Å²) in [4.78, 5) is 11.3. The topological polar surface area (TPSA) is 26.3 Å². The number of halogens is 1. The Labute approximate surface area is 111 Å². The first kappa shape index (κ1) is 13.3. The Morgan fingerprint density at radius 1 is 1.16 bits per heavy atom. The van der Waals surface area contributed by atoms with Crippen molar-refractivity contribution in [3.63, 3.8) is 0 Å². The number of carbonyl (C=O) groups excluding carboxylic acids is 1. The fourth-order valence-electron chi connectivity index (χ4n) is 1.86. The largest absolute Gasteiger partial charge is 0.494 e. The van der Waals surface area contributed by atoms with Gasteiger partial charge in [-0.15, -0.1) is 0 Å². The van der Waals surface area contributed by atoms with Crippen LogP contribution >= 0.6 is 0 Å². The Bertz CT molecular complexity index is 588. The summed E-state index contributed by atoms with van der Waals surface area (Å²) >= 11 is 0. The Morgan fingerprint density at radius 2 is 1.84 bits per heavy atom. The maximum absolute atomic E-state index is 13.8. The molecule has 0 aliphatic rings. The van der Waals surface area contributed by atoms with Crippen molar-refractivity contribution in [3.8, 4) is 16.9 Å². The molecule has 0 bridgehead atoms. The van der Waals surface area contributed by atoms with E-state index in [-0.39, 0.29) is 11.6 Å². The highest BCUT2D eigenvalue weighted by molar-refractivity contribution is 5.95. The highest BCUT2D eigenvalue weighted by atomic mass is 19.1. The number of hydrogen-bond donors (Lipinski definition) is 0. The molecule has 0 unspecified atom stereocenters. The average Bonchev–Trinajstić information content (AvgIpc) is 2.40. The van der Waals surface area contributed by atoms with Crippen LogP contribution in [0.1, 0.15) is 24.2 Å². The van der Waals surface area contributed by atoms with Crippen molar-refractivity contribution in [1.29, 1.82) is 0 Å². The van der Waals surface area contributed by atoms with Gasteiger partial charge >= 0.3 is 0 Å². The van der Waals surface area contributed by atoms with E-state index in [0.717, 1.165) is 11.3 Å². The van der Waals surface area contributed by atoms with E-state index in [1.807, 2.05) is 6.92 Å². The third kappa shape index (κ3) is 2.99. The molecule has 0 radical (unpaired) electrons. The fraction of sp³-hybridized carbons (Fsp3) is 0.188. The predicted molar refractivity (Wildman–Crippen MR) is 73.0 cm³/mol. The van der Waals surface area contributed by atoms with Crippen LogP contribution in [0.3, 0.4) is 0 Å². The molecule has 0 atom stereocenters. The highest BCUT2D eigenvalue weighted by Gasteiger charge is 2.08. The van der Waals surface area contributed by atoms with Crippen molar-refractivity contribution in [3.05, 3.63) is 53.8 Å². The molecule has 3 heteroatoms. The van der Waals surface area contributed by atoms with Gasteiger partial charge < -0.3 is 4.74 Å². The molecule has 19 heavy (non-hydrogen) atoms. The molecule has 0 fully saturated rings. The first-order valence-corrected chi connectivity index (χ1v) is 6.15. The third-order valence-corrected chi connectivity index (χ3v) is 2.85. The van der Waals surface area contributed by atoms with Gasteiger partial charge in [-0.05, 0) is 49.7 Å². The molecule has 2 rings (SSSR count). The molecule has 2 nitrogen and oxygen atoms in total. The van der Waals surface area contributed by atoms with Crippen LogP contribution in [0.5, 0.6) is 5.75 Å². The molecule has 0 heterocycles. The number of hydrogen-bond acceptors (Lipinski definition) is 2. The molecular formula is C16H15FO2. The van der Waals surface area contributed by atoms with Crippen LogP contribution in [0, 0.1) is 5.82 Å². The molecule has 2 aromatic carbocycles. The zero-order valence-corrected chi connectivity index (χ0v) is 10.9. The van der Waals surface area contributed by atoms with Crippen molar-refractivity contribution in [2.75, 3.05) is 6.61 Å². The second-order valence-corrected chi connectivity index (χ2v) is 4.21. The normalized spacial score (nSPS) is 10.3. The van der Waals surface area contributed by atoms with Gasteiger partial charge in [-0.3, -0.25) is 4.79 Å². The average molecular weight is 258 g/mol. The van der Waals surface area contributed by atoms with Gasteiger partial charge in [-0.2, -0.15) is 0 Å².